The Morgan fingerprint density at radius 2 is 1.86 bits per heavy atom. The summed E-state index contributed by atoms with van der Waals surface area (Å²) >= 11 is -2.06. The number of morpholine rings is 1. The van der Waals surface area contributed by atoms with Crippen LogP contribution in [-0.2, 0) is 22.5 Å². The summed E-state index contributed by atoms with van der Waals surface area (Å²) in [6, 6.07) is 21.9. The van der Waals surface area contributed by atoms with E-state index >= 15 is 0 Å². The Hall–Kier alpha value is -3.37. The zero-order valence-electron chi connectivity index (χ0n) is 20.1. The van der Waals surface area contributed by atoms with Gasteiger partial charge in [-0.1, -0.05) is 42.5 Å². The molecule has 0 amide bonds. The average Bonchev–Trinajstić information content (AvgIpc) is 2.90. The van der Waals surface area contributed by atoms with Gasteiger partial charge in [0.05, 0.1) is 24.4 Å². The molecule has 0 radical (unpaired) electrons. The van der Waals surface area contributed by atoms with Crippen molar-refractivity contribution < 1.29 is 13.5 Å². The van der Waals surface area contributed by atoms with Crippen molar-refractivity contribution in [3.63, 3.8) is 0 Å². The number of benzene rings is 3. The molecule has 0 spiro atoms. The fraction of sp³-hybridized carbons (Fsp3) is 0.259. The van der Waals surface area contributed by atoms with E-state index in [-0.39, 0.29) is 0 Å². The van der Waals surface area contributed by atoms with Crippen LogP contribution in [0.2, 0.25) is 0 Å². The minimum Gasteiger partial charge on any atom is -0.379 e. The summed E-state index contributed by atoms with van der Waals surface area (Å²) in [5, 5.41) is 4.30. The van der Waals surface area contributed by atoms with E-state index in [9.17, 15) is 8.76 Å². The molecule has 1 atom stereocenters. The Morgan fingerprint density at radius 1 is 1.08 bits per heavy atom. The fourth-order valence-electron chi connectivity index (χ4n) is 4.43. The maximum absolute atomic E-state index is 11.6. The third-order valence-corrected chi connectivity index (χ3v) is 7.09. The molecule has 0 aliphatic carbocycles. The molecule has 0 bridgehead atoms. The van der Waals surface area contributed by atoms with Crippen LogP contribution in [0.1, 0.15) is 12.5 Å². The standard InChI is InChI=1S/C27H29N5O3S/c1-2-32(36(33)34)24-11-9-21(10-12-24)25-8-4-6-22-18-28-27(30-26(22)25)29-23-7-3-5-20(17-23)19-31-13-15-35-16-14-31/h3-12,17-18H,2,13-16,19H2,1H3,(H,33,34)(H,28,29,30). The lowest BCUT2D eigenvalue weighted by molar-refractivity contribution is 0.0342. The molecule has 1 saturated heterocycles. The van der Waals surface area contributed by atoms with E-state index in [4.69, 9.17) is 9.72 Å². The van der Waals surface area contributed by atoms with Gasteiger partial charge < -0.3 is 10.1 Å². The van der Waals surface area contributed by atoms with E-state index < -0.39 is 11.3 Å². The second kappa shape index (κ2) is 11.1. The molecule has 4 aromatic rings. The SMILES string of the molecule is CCN(c1ccc(-c2cccc3cnc(Nc4cccc(CN5CCOCC5)c4)nc23)cc1)S(=O)O. The summed E-state index contributed by atoms with van der Waals surface area (Å²) < 4.78 is 28.0. The van der Waals surface area contributed by atoms with Crippen molar-refractivity contribution in [3.05, 3.63) is 78.5 Å². The normalized spacial score (nSPS) is 15.1. The van der Waals surface area contributed by atoms with Gasteiger partial charge in [-0.2, -0.15) is 0 Å². The van der Waals surface area contributed by atoms with Gasteiger partial charge in [-0.15, -0.1) is 0 Å². The van der Waals surface area contributed by atoms with Gasteiger partial charge in [0, 0.05) is 49.0 Å². The van der Waals surface area contributed by atoms with Gasteiger partial charge in [0.2, 0.25) is 5.95 Å². The van der Waals surface area contributed by atoms with E-state index in [0.29, 0.717) is 18.2 Å². The molecule has 5 rings (SSSR count). The number of rotatable bonds is 8. The van der Waals surface area contributed by atoms with Crippen LogP contribution in [0, 0.1) is 0 Å². The first-order valence-electron chi connectivity index (χ1n) is 12.0. The Morgan fingerprint density at radius 3 is 2.61 bits per heavy atom. The minimum atomic E-state index is -2.06. The lowest BCUT2D eigenvalue weighted by Crippen LogP contribution is -2.35. The summed E-state index contributed by atoms with van der Waals surface area (Å²) in [6.45, 7) is 6.63. The van der Waals surface area contributed by atoms with E-state index in [0.717, 1.165) is 60.6 Å². The van der Waals surface area contributed by atoms with Gasteiger partial charge in [0.25, 0.3) is 11.3 Å². The number of hydrogen-bond donors (Lipinski definition) is 2. The third kappa shape index (κ3) is 5.55. The number of aromatic nitrogens is 2. The molecular formula is C27H29N5O3S. The summed E-state index contributed by atoms with van der Waals surface area (Å²) in [5.41, 5.74) is 5.65. The van der Waals surface area contributed by atoms with Crippen LogP contribution in [0.25, 0.3) is 22.0 Å². The maximum Gasteiger partial charge on any atom is 0.261 e. The monoisotopic (exact) mass is 503 g/mol. The molecule has 1 aliphatic rings. The number of fused-ring (bicyclic) bond motifs is 1. The fourth-order valence-corrected chi connectivity index (χ4v) is 4.96. The van der Waals surface area contributed by atoms with Gasteiger partial charge >= 0.3 is 0 Å². The highest BCUT2D eigenvalue weighted by molar-refractivity contribution is 7.80. The number of nitrogens with zero attached hydrogens (tertiary/aromatic N) is 4. The topological polar surface area (TPSA) is 90.8 Å². The van der Waals surface area contributed by atoms with Crippen molar-refractivity contribution in [2.45, 2.75) is 13.5 Å². The van der Waals surface area contributed by atoms with Gasteiger partial charge in [0.15, 0.2) is 0 Å². The van der Waals surface area contributed by atoms with Gasteiger partial charge in [0.1, 0.15) is 0 Å². The van der Waals surface area contributed by atoms with Crippen LogP contribution in [0.3, 0.4) is 0 Å². The summed E-state index contributed by atoms with van der Waals surface area (Å²) in [5.74, 6) is 0.530. The zero-order chi connectivity index (χ0) is 24.9. The Balaban J connectivity index is 1.39. The summed E-state index contributed by atoms with van der Waals surface area (Å²) in [6.07, 6.45) is 1.83. The molecule has 3 aromatic carbocycles. The zero-order valence-corrected chi connectivity index (χ0v) is 20.9. The Kier molecular flexibility index (Phi) is 7.52. The largest absolute Gasteiger partial charge is 0.379 e. The highest BCUT2D eigenvalue weighted by Crippen LogP contribution is 2.30. The second-order valence-electron chi connectivity index (χ2n) is 8.62. The number of hydrogen-bond acceptors (Lipinski definition) is 6. The minimum absolute atomic E-state index is 0.437. The molecular weight excluding hydrogens is 474 g/mol. The van der Waals surface area contributed by atoms with Crippen molar-refractivity contribution in [2.24, 2.45) is 0 Å². The number of para-hydroxylation sites is 1. The lowest BCUT2D eigenvalue weighted by Gasteiger charge is -2.26. The number of nitrogens with one attached hydrogen (secondary N) is 1. The average molecular weight is 504 g/mol. The Bertz CT molecular complexity index is 1360. The third-order valence-electron chi connectivity index (χ3n) is 6.25. The molecule has 9 heteroatoms. The molecule has 8 nitrogen and oxygen atoms in total. The predicted molar refractivity (Wildman–Crippen MR) is 145 cm³/mol. The van der Waals surface area contributed by atoms with Crippen LogP contribution < -0.4 is 9.62 Å². The van der Waals surface area contributed by atoms with E-state index in [1.165, 1.54) is 9.87 Å². The Labute approximate surface area is 213 Å². The maximum atomic E-state index is 11.6. The van der Waals surface area contributed by atoms with Crippen molar-refractivity contribution in [2.75, 3.05) is 42.5 Å². The van der Waals surface area contributed by atoms with E-state index in [1.807, 2.05) is 67.7 Å². The van der Waals surface area contributed by atoms with Crippen molar-refractivity contribution >= 4 is 39.5 Å². The van der Waals surface area contributed by atoms with Crippen LogP contribution in [-0.4, -0.2) is 56.5 Å². The highest BCUT2D eigenvalue weighted by Gasteiger charge is 2.13. The van der Waals surface area contributed by atoms with Gasteiger partial charge in [-0.25, -0.2) is 14.2 Å². The van der Waals surface area contributed by atoms with Crippen LogP contribution in [0.15, 0.2) is 72.9 Å². The molecule has 36 heavy (non-hydrogen) atoms. The van der Waals surface area contributed by atoms with Crippen LogP contribution in [0.5, 0.6) is 0 Å². The van der Waals surface area contributed by atoms with Gasteiger partial charge in [-0.3, -0.25) is 13.8 Å². The lowest BCUT2D eigenvalue weighted by atomic mass is 10.0. The molecule has 1 aliphatic heterocycles. The smallest absolute Gasteiger partial charge is 0.261 e. The molecule has 186 valence electrons. The van der Waals surface area contributed by atoms with E-state index in [2.05, 4.69) is 27.3 Å². The summed E-state index contributed by atoms with van der Waals surface area (Å²) in [4.78, 5) is 11.8. The quantitative estimate of drug-likeness (QED) is 0.333. The van der Waals surface area contributed by atoms with Crippen LogP contribution >= 0.6 is 0 Å². The van der Waals surface area contributed by atoms with Gasteiger partial charge in [-0.05, 0) is 42.3 Å². The number of anilines is 3. The molecule has 2 N–H and O–H groups in total. The first-order chi connectivity index (χ1) is 17.6. The van der Waals surface area contributed by atoms with Crippen LogP contribution in [0.4, 0.5) is 17.3 Å². The summed E-state index contributed by atoms with van der Waals surface area (Å²) in [7, 11) is 0. The second-order valence-corrected chi connectivity index (χ2v) is 9.53. The molecule has 1 unspecified atom stereocenters. The van der Waals surface area contributed by atoms with E-state index in [1.54, 1.807) is 0 Å². The molecule has 1 fully saturated rings. The molecule has 2 heterocycles. The first-order valence-corrected chi connectivity index (χ1v) is 13.1. The first kappa shape index (κ1) is 24.3. The number of ether oxygens (including phenoxy) is 1. The van der Waals surface area contributed by atoms with Crippen molar-refractivity contribution in [1.82, 2.24) is 14.9 Å². The highest BCUT2D eigenvalue weighted by atomic mass is 32.2. The molecule has 1 aromatic heterocycles. The van der Waals surface area contributed by atoms with Crippen molar-refractivity contribution in [3.8, 4) is 11.1 Å². The van der Waals surface area contributed by atoms with Crippen molar-refractivity contribution in [1.29, 1.82) is 0 Å². The predicted octanol–water partition coefficient (Wildman–Crippen LogP) is 4.84. The molecule has 0 saturated carbocycles.